The summed E-state index contributed by atoms with van der Waals surface area (Å²) in [5, 5.41) is 9.82. The molecule has 1 N–H and O–H groups in total. The first-order valence-electron chi connectivity index (χ1n) is 6.01. The van der Waals surface area contributed by atoms with Crippen molar-refractivity contribution in [2.45, 2.75) is 6.42 Å². The lowest BCUT2D eigenvalue weighted by Gasteiger charge is -2.04. The van der Waals surface area contributed by atoms with Gasteiger partial charge < -0.3 is 9.52 Å². The van der Waals surface area contributed by atoms with E-state index in [2.05, 4.69) is 0 Å². The monoisotopic (exact) mass is 252 g/mol. The van der Waals surface area contributed by atoms with Gasteiger partial charge in [0.1, 0.15) is 5.58 Å². The molecule has 0 aliphatic heterocycles. The number of carbonyl (C=O) groups is 1. The van der Waals surface area contributed by atoms with Crippen molar-refractivity contribution in [2.75, 3.05) is 0 Å². The number of furan rings is 1. The highest BCUT2D eigenvalue weighted by Gasteiger charge is 2.06. The zero-order chi connectivity index (χ0) is 13.2. The fourth-order valence-electron chi connectivity index (χ4n) is 2.22. The van der Waals surface area contributed by atoms with Gasteiger partial charge >= 0.3 is 5.97 Å². The lowest BCUT2D eigenvalue weighted by molar-refractivity contribution is -0.136. The lowest BCUT2D eigenvalue weighted by Crippen LogP contribution is -1.99. The second-order valence-corrected chi connectivity index (χ2v) is 4.41. The molecule has 0 aliphatic carbocycles. The summed E-state index contributed by atoms with van der Waals surface area (Å²) >= 11 is 0. The summed E-state index contributed by atoms with van der Waals surface area (Å²) < 4.78 is 5.38. The van der Waals surface area contributed by atoms with Crippen LogP contribution in [0.3, 0.4) is 0 Å². The van der Waals surface area contributed by atoms with E-state index in [1.165, 1.54) is 0 Å². The van der Waals surface area contributed by atoms with Crippen LogP contribution < -0.4 is 0 Å². The Kier molecular flexibility index (Phi) is 2.80. The van der Waals surface area contributed by atoms with Crippen LogP contribution in [0.4, 0.5) is 0 Å². The number of hydrogen-bond donors (Lipinski definition) is 1. The summed E-state index contributed by atoms with van der Waals surface area (Å²) in [5.74, 6) is -0.815. The maximum atomic E-state index is 10.7. The molecule has 3 aromatic rings. The summed E-state index contributed by atoms with van der Waals surface area (Å²) in [6.07, 6.45) is 1.73. The van der Waals surface area contributed by atoms with Gasteiger partial charge in [0.15, 0.2) is 0 Å². The molecule has 0 bridgehead atoms. The number of hydrogen-bond acceptors (Lipinski definition) is 2. The van der Waals surface area contributed by atoms with Gasteiger partial charge in [0.25, 0.3) is 0 Å². The Bertz CT molecular complexity index is 723. The van der Waals surface area contributed by atoms with Gasteiger partial charge in [-0.15, -0.1) is 0 Å². The van der Waals surface area contributed by atoms with Gasteiger partial charge in [0.2, 0.25) is 0 Å². The van der Waals surface area contributed by atoms with Crippen molar-refractivity contribution in [2.24, 2.45) is 0 Å². The van der Waals surface area contributed by atoms with E-state index in [0.717, 1.165) is 27.7 Å². The van der Waals surface area contributed by atoms with Crippen LogP contribution >= 0.6 is 0 Å². The van der Waals surface area contributed by atoms with Crippen LogP contribution in [0.1, 0.15) is 5.56 Å². The SMILES string of the molecule is O=C(O)Cc1ccc(-c2cccc3occc23)cc1. The Hall–Kier alpha value is -2.55. The van der Waals surface area contributed by atoms with Crippen LogP contribution in [0.2, 0.25) is 0 Å². The first kappa shape index (κ1) is 11.5. The van der Waals surface area contributed by atoms with E-state index in [-0.39, 0.29) is 6.42 Å². The fraction of sp³-hybridized carbons (Fsp3) is 0.0625. The highest BCUT2D eigenvalue weighted by Crippen LogP contribution is 2.29. The van der Waals surface area contributed by atoms with E-state index in [1.807, 2.05) is 48.5 Å². The normalized spacial score (nSPS) is 10.7. The van der Waals surface area contributed by atoms with Gasteiger partial charge in [-0.2, -0.15) is 0 Å². The summed E-state index contributed by atoms with van der Waals surface area (Å²) in [7, 11) is 0. The van der Waals surface area contributed by atoms with E-state index in [9.17, 15) is 4.79 Å². The maximum absolute atomic E-state index is 10.7. The smallest absolute Gasteiger partial charge is 0.307 e. The Morgan fingerprint density at radius 1 is 1.05 bits per heavy atom. The maximum Gasteiger partial charge on any atom is 0.307 e. The van der Waals surface area contributed by atoms with Gasteiger partial charge in [-0.3, -0.25) is 4.79 Å². The topological polar surface area (TPSA) is 50.4 Å². The van der Waals surface area contributed by atoms with Crippen molar-refractivity contribution >= 4 is 16.9 Å². The second kappa shape index (κ2) is 4.61. The fourth-order valence-corrected chi connectivity index (χ4v) is 2.22. The third-order valence-electron chi connectivity index (χ3n) is 3.12. The molecule has 0 spiro atoms. The molecule has 0 radical (unpaired) electrons. The molecule has 0 unspecified atom stereocenters. The third-order valence-corrected chi connectivity index (χ3v) is 3.12. The second-order valence-electron chi connectivity index (χ2n) is 4.41. The van der Waals surface area contributed by atoms with Crippen molar-refractivity contribution in [3.8, 4) is 11.1 Å². The molecule has 94 valence electrons. The highest BCUT2D eigenvalue weighted by molar-refractivity contribution is 5.93. The number of carboxylic acids is 1. The Labute approximate surface area is 110 Å². The Morgan fingerprint density at radius 3 is 2.58 bits per heavy atom. The molecule has 0 atom stereocenters. The number of fused-ring (bicyclic) bond motifs is 1. The molecular weight excluding hydrogens is 240 g/mol. The average Bonchev–Trinajstić information content (AvgIpc) is 2.87. The Balaban J connectivity index is 2.02. The van der Waals surface area contributed by atoms with Crippen LogP contribution in [0.25, 0.3) is 22.1 Å². The predicted molar refractivity (Wildman–Crippen MR) is 73.0 cm³/mol. The van der Waals surface area contributed by atoms with Crippen LogP contribution in [-0.4, -0.2) is 11.1 Å². The van der Waals surface area contributed by atoms with Crippen LogP contribution in [-0.2, 0) is 11.2 Å². The standard InChI is InChI=1S/C16H12O3/c17-16(18)10-11-4-6-12(7-5-11)13-2-1-3-15-14(13)8-9-19-15/h1-9H,10H2,(H,17,18). The van der Waals surface area contributed by atoms with E-state index < -0.39 is 5.97 Å². The van der Waals surface area contributed by atoms with Gasteiger partial charge in [-0.05, 0) is 28.8 Å². The molecule has 19 heavy (non-hydrogen) atoms. The summed E-state index contributed by atoms with van der Waals surface area (Å²) in [5.41, 5.74) is 3.80. The van der Waals surface area contributed by atoms with Gasteiger partial charge in [-0.25, -0.2) is 0 Å². The van der Waals surface area contributed by atoms with Crippen molar-refractivity contribution in [3.63, 3.8) is 0 Å². The lowest BCUT2D eigenvalue weighted by atomic mass is 10.00. The molecule has 3 heteroatoms. The molecule has 0 aliphatic rings. The molecule has 0 saturated heterocycles. The van der Waals surface area contributed by atoms with Crippen molar-refractivity contribution in [3.05, 3.63) is 60.4 Å². The molecule has 0 fully saturated rings. The number of benzene rings is 2. The first-order chi connectivity index (χ1) is 9.24. The molecule has 0 saturated carbocycles. The average molecular weight is 252 g/mol. The van der Waals surface area contributed by atoms with Crippen molar-refractivity contribution in [1.82, 2.24) is 0 Å². The molecule has 3 rings (SSSR count). The molecular formula is C16H12O3. The zero-order valence-corrected chi connectivity index (χ0v) is 10.2. The van der Waals surface area contributed by atoms with E-state index in [4.69, 9.17) is 9.52 Å². The largest absolute Gasteiger partial charge is 0.481 e. The molecule has 0 amide bonds. The quantitative estimate of drug-likeness (QED) is 0.772. The predicted octanol–water partition coefficient (Wildman–Crippen LogP) is 3.73. The molecule has 3 nitrogen and oxygen atoms in total. The minimum Gasteiger partial charge on any atom is -0.481 e. The molecule has 1 heterocycles. The van der Waals surface area contributed by atoms with Crippen molar-refractivity contribution in [1.29, 1.82) is 0 Å². The molecule has 2 aromatic carbocycles. The number of rotatable bonds is 3. The summed E-state index contributed by atoms with van der Waals surface area (Å²) in [4.78, 5) is 10.7. The van der Waals surface area contributed by atoms with Crippen molar-refractivity contribution < 1.29 is 14.3 Å². The molecule has 1 aromatic heterocycles. The first-order valence-corrected chi connectivity index (χ1v) is 6.01. The number of carboxylic acid groups (broad SMARTS) is 1. The van der Waals surface area contributed by atoms with Crippen LogP contribution in [0.15, 0.2) is 59.2 Å². The summed E-state index contributed by atoms with van der Waals surface area (Å²) in [6, 6.07) is 15.4. The van der Waals surface area contributed by atoms with Gasteiger partial charge in [0, 0.05) is 5.39 Å². The van der Waals surface area contributed by atoms with Crippen LogP contribution in [0, 0.1) is 0 Å². The van der Waals surface area contributed by atoms with E-state index >= 15 is 0 Å². The third kappa shape index (κ3) is 2.22. The highest BCUT2D eigenvalue weighted by atomic mass is 16.4. The number of aliphatic carboxylic acids is 1. The van der Waals surface area contributed by atoms with E-state index in [1.54, 1.807) is 6.26 Å². The Morgan fingerprint density at radius 2 is 1.84 bits per heavy atom. The zero-order valence-electron chi connectivity index (χ0n) is 10.2. The van der Waals surface area contributed by atoms with E-state index in [0.29, 0.717) is 0 Å². The summed E-state index contributed by atoms with van der Waals surface area (Å²) in [6.45, 7) is 0. The van der Waals surface area contributed by atoms with Crippen LogP contribution in [0.5, 0.6) is 0 Å². The van der Waals surface area contributed by atoms with Gasteiger partial charge in [0.05, 0.1) is 12.7 Å². The van der Waals surface area contributed by atoms with Gasteiger partial charge in [-0.1, -0.05) is 36.4 Å². The minimum absolute atomic E-state index is 0.0518. The minimum atomic E-state index is -0.815.